The van der Waals surface area contributed by atoms with Gasteiger partial charge in [-0.05, 0) is 24.3 Å². The minimum atomic E-state index is -0.287. The minimum Gasteiger partial charge on any atom is -0.340 e. The molecule has 19 heavy (non-hydrogen) atoms. The van der Waals surface area contributed by atoms with Gasteiger partial charge in [0.15, 0.2) is 0 Å². The largest absolute Gasteiger partial charge is 0.340 e. The van der Waals surface area contributed by atoms with E-state index >= 15 is 0 Å². The molecule has 4 heteroatoms. The monoisotopic (exact) mass is 270 g/mol. The predicted octanol–water partition coefficient (Wildman–Crippen LogP) is 2.52. The molecule has 0 radical (unpaired) electrons. The van der Waals surface area contributed by atoms with E-state index in [1.165, 1.54) is 12.3 Å². The molecular weight excluding hydrogens is 260 g/mol. The third-order valence-corrected chi connectivity index (χ3v) is 2.53. The Morgan fingerprint density at radius 3 is 2.79 bits per heavy atom. The van der Waals surface area contributed by atoms with Crippen molar-refractivity contribution in [3.8, 4) is 11.8 Å². The molecule has 0 atom stereocenters. The Labute approximate surface area is 116 Å². The number of nitrogens with zero attached hydrogens (tertiary/aromatic N) is 1. The number of carbonyl (C=O) groups excluding carboxylic acids is 1. The van der Waals surface area contributed by atoms with Crippen LogP contribution in [0.3, 0.4) is 0 Å². The number of hydrogen-bond acceptors (Lipinski definition) is 2. The molecule has 1 N–H and O–H groups in total. The molecule has 0 saturated carbocycles. The van der Waals surface area contributed by atoms with Crippen molar-refractivity contribution in [3.05, 3.63) is 64.9 Å². The van der Waals surface area contributed by atoms with E-state index in [1.54, 1.807) is 6.07 Å². The van der Waals surface area contributed by atoms with Gasteiger partial charge in [-0.2, -0.15) is 0 Å². The molecule has 94 valence electrons. The van der Waals surface area contributed by atoms with Gasteiger partial charge in [-0.3, -0.25) is 9.78 Å². The van der Waals surface area contributed by atoms with E-state index < -0.39 is 0 Å². The van der Waals surface area contributed by atoms with Crippen LogP contribution in [0.15, 0.2) is 48.7 Å². The van der Waals surface area contributed by atoms with Crippen molar-refractivity contribution >= 4 is 17.5 Å². The molecule has 2 aromatic rings. The van der Waals surface area contributed by atoms with Gasteiger partial charge in [0, 0.05) is 16.8 Å². The fraction of sp³-hybridized carbons (Fsp3) is 0.0667. The van der Waals surface area contributed by atoms with Gasteiger partial charge in [0.05, 0.1) is 6.54 Å². The molecule has 1 aromatic carbocycles. The summed E-state index contributed by atoms with van der Waals surface area (Å²) in [6, 6.07) is 12.7. The van der Waals surface area contributed by atoms with E-state index in [1.807, 2.05) is 30.3 Å². The summed E-state index contributed by atoms with van der Waals surface area (Å²) in [5.74, 6) is 5.54. The first-order valence-corrected chi connectivity index (χ1v) is 6.07. The lowest BCUT2D eigenvalue weighted by atomic mass is 10.2. The molecule has 1 aromatic heterocycles. The van der Waals surface area contributed by atoms with Crippen LogP contribution in [0.1, 0.15) is 16.1 Å². The summed E-state index contributed by atoms with van der Waals surface area (Å²) in [5.41, 5.74) is 1.20. The van der Waals surface area contributed by atoms with Gasteiger partial charge in [0.2, 0.25) is 0 Å². The number of halogens is 1. The van der Waals surface area contributed by atoms with Crippen molar-refractivity contribution in [1.29, 1.82) is 0 Å². The molecule has 1 heterocycles. The molecule has 0 aliphatic rings. The SMILES string of the molecule is O=C(NCC#Cc1ccccc1)c1cc(Cl)ccn1. The second-order valence-corrected chi connectivity index (χ2v) is 4.15. The zero-order valence-corrected chi connectivity index (χ0v) is 10.8. The normalized spacial score (nSPS) is 9.32. The minimum absolute atomic E-state index is 0.266. The number of nitrogens with one attached hydrogen (secondary N) is 1. The molecule has 0 fully saturated rings. The summed E-state index contributed by atoms with van der Waals surface area (Å²) < 4.78 is 0. The number of benzene rings is 1. The molecule has 3 nitrogen and oxygen atoms in total. The van der Waals surface area contributed by atoms with Crippen molar-refractivity contribution < 1.29 is 4.79 Å². The summed E-state index contributed by atoms with van der Waals surface area (Å²) >= 11 is 5.78. The molecule has 2 rings (SSSR count). The van der Waals surface area contributed by atoms with E-state index in [0.29, 0.717) is 5.02 Å². The zero-order chi connectivity index (χ0) is 13.5. The standard InChI is InChI=1S/C15H11ClN2O/c16-13-8-10-17-14(11-13)15(19)18-9-4-7-12-5-2-1-3-6-12/h1-3,5-6,8,10-11H,9H2,(H,18,19). The smallest absolute Gasteiger partial charge is 0.270 e. The maximum Gasteiger partial charge on any atom is 0.270 e. The Kier molecular flexibility index (Phi) is 4.54. The number of amides is 1. The maximum atomic E-state index is 11.7. The van der Waals surface area contributed by atoms with Crippen molar-refractivity contribution in [2.45, 2.75) is 0 Å². The topological polar surface area (TPSA) is 42.0 Å². The highest BCUT2D eigenvalue weighted by atomic mass is 35.5. The lowest BCUT2D eigenvalue weighted by Gasteiger charge is -2.00. The Morgan fingerprint density at radius 2 is 2.05 bits per heavy atom. The van der Waals surface area contributed by atoms with Crippen molar-refractivity contribution in [3.63, 3.8) is 0 Å². The lowest BCUT2D eigenvalue weighted by Crippen LogP contribution is -2.24. The highest BCUT2D eigenvalue weighted by molar-refractivity contribution is 6.30. The first kappa shape index (κ1) is 13.1. The van der Waals surface area contributed by atoms with Gasteiger partial charge in [0.25, 0.3) is 5.91 Å². The average molecular weight is 271 g/mol. The van der Waals surface area contributed by atoms with Crippen molar-refractivity contribution in [1.82, 2.24) is 10.3 Å². The van der Waals surface area contributed by atoms with Gasteiger partial charge >= 0.3 is 0 Å². The van der Waals surface area contributed by atoms with Gasteiger partial charge in [-0.15, -0.1) is 0 Å². The van der Waals surface area contributed by atoms with Gasteiger partial charge in [-0.25, -0.2) is 0 Å². The fourth-order valence-electron chi connectivity index (χ4n) is 1.41. The first-order valence-electron chi connectivity index (χ1n) is 5.69. The number of carbonyl (C=O) groups is 1. The number of rotatable bonds is 2. The van der Waals surface area contributed by atoms with Gasteiger partial charge in [-0.1, -0.05) is 41.6 Å². The van der Waals surface area contributed by atoms with Crippen LogP contribution < -0.4 is 5.32 Å². The molecule has 0 unspecified atom stereocenters. The summed E-state index contributed by atoms with van der Waals surface area (Å²) in [6.07, 6.45) is 1.49. The van der Waals surface area contributed by atoms with Crippen LogP contribution in [0.5, 0.6) is 0 Å². The summed E-state index contributed by atoms with van der Waals surface area (Å²) in [5, 5.41) is 3.14. The predicted molar refractivity (Wildman–Crippen MR) is 74.9 cm³/mol. The average Bonchev–Trinajstić information content (AvgIpc) is 2.44. The van der Waals surface area contributed by atoms with Crippen LogP contribution in [0.2, 0.25) is 5.02 Å². The second-order valence-electron chi connectivity index (χ2n) is 3.71. The number of hydrogen-bond donors (Lipinski definition) is 1. The zero-order valence-electron chi connectivity index (χ0n) is 10.1. The Balaban J connectivity index is 1.90. The van der Waals surface area contributed by atoms with E-state index in [9.17, 15) is 4.79 Å². The molecule has 0 bridgehead atoms. The fourth-order valence-corrected chi connectivity index (χ4v) is 1.57. The van der Waals surface area contributed by atoms with E-state index in [2.05, 4.69) is 22.1 Å². The lowest BCUT2D eigenvalue weighted by molar-refractivity contribution is 0.0954. The summed E-state index contributed by atoms with van der Waals surface area (Å²) in [7, 11) is 0. The van der Waals surface area contributed by atoms with Crippen LogP contribution in [-0.4, -0.2) is 17.4 Å². The maximum absolute atomic E-state index is 11.7. The molecule has 0 spiro atoms. The van der Waals surface area contributed by atoms with Crippen LogP contribution in [-0.2, 0) is 0 Å². The van der Waals surface area contributed by atoms with E-state index in [-0.39, 0.29) is 18.1 Å². The number of pyridine rings is 1. The molecule has 1 amide bonds. The molecule has 0 saturated heterocycles. The van der Waals surface area contributed by atoms with Crippen molar-refractivity contribution in [2.75, 3.05) is 6.54 Å². The molecular formula is C15H11ClN2O. The van der Waals surface area contributed by atoms with Crippen LogP contribution in [0.25, 0.3) is 0 Å². The van der Waals surface area contributed by atoms with E-state index in [0.717, 1.165) is 5.56 Å². The summed E-state index contributed by atoms with van der Waals surface area (Å²) in [6.45, 7) is 0.266. The quantitative estimate of drug-likeness (QED) is 0.852. The third kappa shape index (κ3) is 4.13. The second kappa shape index (κ2) is 6.58. The first-order chi connectivity index (χ1) is 9.25. The highest BCUT2D eigenvalue weighted by Crippen LogP contribution is 2.07. The molecule has 0 aliphatic heterocycles. The van der Waals surface area contributed by atoms with Gasteiger partial charge < -0.3 is 5.32 Å². The Bertz CT molecular complexity index is 629. The van der Waals surface area contributed by atoms with E-state index in [4.69, 9.17) is 11.6 Å². The van der Waals surface area contributed by atoms with Crippen LogP contribution in [0.4, 0.5) is 0 Å². The van der Waals surface area contributed by atoms with Crippen LogP contribution in [0, 0.1) is 11.8 Å². The Morgan fingerprint density at radius 1 is 1.26 bits per heavy atom. The Hall–Kier alpha value is -2.31. The highest BCUT2D eigenvalue weighted by Gasteiger charge is 2.05. The van der Waals surface area contributed by atoms with Crippen molar-refractivity contribution in [2.24, 2.45) is 0 Å². The third-order valence-electron chi connectivity index (χ3n) is 2.30. The molecule has 0 aliphatic carbocycles. The summed E-state index contributed by atoms with van der Waals surface area (Å²) in [4.78, 5) is 15.6. The van der Waals surface area contributed by atoms with Gasteiger partial charge in [0.1, 0.15) is 5.69 Å². The number of aromatic nitrogens is 1. The van der Waals surface area contributed by atoms with Crippen LogP contribution >= 0.6 is 11.6 Å².